The van der Waals surface area contributed by atoms with E-state index in [4.69, 9.17) is 28.3 Å². The van der Waals surface area contributed by atoms with Gasteiger partial charge in [0.15, 0.2) is 9.84 Å². The molecular weight excluding hydrogens is 495 g/mol. The van der Waals surface area contributed by atoms with Crippen LogP contribution in [0.2, 0.25) is 9.36 Å². The number of nitrogens with one attached hydrogen (secondary N) is 2. The van der Waals surface area contributed by atoms with Crippen LogP contribution >= 0.6 is 34.5 Å². The lowest BCUT2D eigenvalue weighted by Gasteiger charge is -2.21. The number of amides is 1. The van der Waals surface area contributed by atoms with Crippen molar-refractivity contribution in [1.29, 1.82) is 0 Å². The van der Waals surface area contributed by atoms with Crippen LogP contribution in [0.1, 0.15) is 40.4 Å². The van der Waals surface area contributed by atoms with Crippen molar-refractivity contribution >= 4 is 66.5 Å². The summed E-state index contributed by atoms with van der Waals surface area (Å²) in [4.78, 5) is 26.7. The summed E-state index contributed by atoms with van der Waals surface area (Å²) in [5, 5.41) is 12.1. The van der Waals surface area contributed by atoms with Crippen molar-refractivity contribution in [3.8, 4) is 0 Å². The number of carbonyl (C=O) groups excluding carboxylic acids is 1. The van der Waals surface area contributed by atoms with Gasteiger partial charge < -0.3 is 15.4 Å². The molecule has 170 valence electrons. The molecule has 0 bridgehead atoms. The summed E-state index contributed by atoms with van der Waals surface area (Å²) >= 11 is 13.5. The number of fused-ring (bicyclic) bond motifs is 2. The molecule has 3 N–H and O–H groups in total. The molecule has 0 fully saturated rings. The molecule has 7 nitrogen and oxygen atoms in total. The van der Waals surface area contributed by atoms with E-state index < -0.39 is 27.8 Å². The van der Waals surface area contributed by atoms with E-state index >= 15 is 0 Å². The lowest BCUT2D eigenvalue weighted by atomic mass is 10.0. The minimum absolute atomic E-state index is 0.0611. The van der Waals surface area contributed by atoms with E-state index in [9.17, 15) is 18.0 Å². The standard InChI is InChI=1S/C21H20Cl2N2O5S2/c22-18-19-16(31-20(18)23)9-15(24-19)21(28)25-14-8-11-4-1-2-5-12(11)13(14)10-32(29,30)7-3-6-17(26)27/h1-2,4-5,9,13-14,24H,3,6-8,10H2,(H,25,28)(H,26,27)/t13-,14-/m1/s1. The Kier molecular flexibility index (Phi) is 6.53. The smallest absolute Gasteiger partial charge is 0.303 e. The fourth-order valence-electron chi connectivity index (χ4n) is 4.12. The lowest BCUT2D eigenvalue weighted by Crippen LogP contribution is -2.40. The Morgan fingerprint density at radius 2 is 2.00 bits per heavy atom. The number of carboxylic acid groups (broad SMARTS) is 1. The number of halogens is 2. The molecule has 0 spiro atoms. The monoisotopic (exact) mass is 514 g/mol. The number of rotatable bonds is 8. The van der Waals surface area contributed by atoms with Crippen molar-refractivity contribution in [2.75, 3.05) is 11.5 Å². The minimum atomic E-state index is -3.51. The number of aliphatic carboxylic acids is 1. The zero-order chi connectivity index (χ0) is 23.0. The molecular formula is C21H20Cl2N2O5S2. The molecule has 0 unspecified atom stereocenters. The van der Waals surface area contributed by atoms with E-state index in [0.717, 1.165) is 15.8 Å². The number of thiophene rings is 1. The van der Waals surface area contributed by atoms with E-state index in [0.29, 0.717) is 27.0 Å². The summed E-state index contributed by atoms with van der Waals surface area (Å²) in [6, 6.07) is 8.80. The number of aromatic amines is 1. The van der Waals surface area contributed by atoms with Gasteiger partial charge in [-0.1, -0.05) is 47.5 Å². The number of carboxylic acids is 1. The molecule has 11 heteroatoms. The highest BCUT2D eigenvalue weighted by molar-refractivity contribution is 7.91. The van der Waals surface area contributed by atoms with Crippen molar-refractivity contribution in [3.63, 3.8) is 0 Å². The topological polar surface area (TPSA) is 116 Å². The van der Waals surface area contributed by atoms with Gasteiger partial charge in [-0.05, 0) is 30.0 Å². The van der Waals surface area contributed by atoms with Crippen molar-refractivity contribution in [1.82, 2.24) is 10.3 Å². The maximum Gasteiger partial charge on any atom is 0.303 e. The van der Waals surface area contributed by atoms with Crippen LogP contribution < -0.4 is 5.32 Å². The number of H-pyrrole nitrogens is 1. The molecule has 32 heavy (non-hydrogen) atoms. The number of benzene rings is 1. The molecule has 1 aliphatic rings. The van der Waals surface area contributed by atoms with Gasteiger partial charge in [-0.3, -0.25) is 9.59 Å². The predicted octanol–water partition coefficient (Wildman–Crippen LogP) is 4.25. The van der Waals surface area contributed by atoms with Crippen molar-refractivity contribution < 1.29 is 23.1 Å². The molecule has 0 saturated heterocycles. The predicted molar refractivity (Wildman–Crippen MR) is 126 cm³/mol. The van der Waals surface area contributed by atoms with Crippen LogP contribution in [-0.4, -0.2) is 47.9 Å². The van der Waals surface area contributed by atoms with Crippen LogP contribution in [0, 0.1) is 0 Å². The molecule has 0 saturated carbocycles. The molecule has 1 aromatic carbocycles. The fraction of sp³-hybridized carbons (Fsp3) is 0.333. The Hall–Kier alpha value is -2.07. The number of hydrogen-bond donors (Lipinski definition) is 3. The molecule has 3 aromatic rings. The zero-order valence-electron chi connectivity index (χ0n) is 16.7. The van der Waals surface area contributed by atoms with Crippen LogP contribution in [0.5, 0.6) is 0 Å². The second-order valence-electron chi connectivity index (χ2n) is 7.81. The first-order chi connectivity index (χ1) is 15.1. The van der Waals surface area contributed by atoms with Gasteiger partial charge in [0.25, 0.3) is 5.91 Å². The van der Waals surface area contributed by atoms with Crippen LogP contribution in [-0.2, 0) is 21.1 Å². The van der Waals surface area contributed by atoms with E-state index in [-0.39, 0.29) is 30.3 Å². The van der Waals surface area contributed by atoms with Gasteiger partial charge in [-0.25, -0.2) is 8.42 Å². The Balaban J connectivity index is 1.53. The van der Waals surface area contributed by atoms with Gasteiger partial charge in [0, 0.05) is 18.4 Å². The second-order valence-corrected chi connectivity index (χ2v) is 12.1. The van der Waals surface area contributed by atoms with Crippen molar-refractivity contribution in [2.45, 2.75) is 31.2 Å². The van der Waals surface area contributed by atoms with Gasteiger partial charge in [0.05, 0.1) is 26.7 Å². The van der Waals surface area contributed by atoms with Gasteiger partial charge in [-0.2, -0.15) is 0 Å². The van der Waals surface area contributed by atoms with Crippen molar-refractivity contribution in [3.05, 3.63) is 56.5 Å². The summed E-state index contributed by atoms with van der Waals surface area (Å²) in [5.74, 6) is -2.16. The average molecular weight is 515 g/mol. The normalized spacial score (nSPS) is 18.1. The number of hydrogen-bond acceptors (Lipinski definition) is 5. The van der Waals surface area contributed by atoms with Gasteiger partial charge in [0.1, 0.15) is 10.0 Å². The highest BCUT2D eigenvalue weighted by Crippen LogP contribution is 2.39. The third kappa shape index (κ3) is 4.80. The van der Waals surface area contributed by atoms with Gasteiger partial charge in [0.2, 0.25) is 0 Å². The van der Waals surface area contributed by atoms with Gasteiger partial charge >= 0.3 is 5.97 Å². The quantitative estimate of drug-likeness (QED) is 0.415. The lowest BCUT2D eigenvalue weighted by molar-refractivity contribution is -0.137. The van der Waals surface area contributed by atoms with Crippen molar-refractivity contribution in [2.24, 2.45) is 0 Å². The van der Waals surface area contributed by atoms with Crippen LogP contribution in [0.25, 0.3) is 10.2 Å². The summed E-state index contributed by atoms with van der Waals surface area (Å²) in [5.41, 5.74) is 2.80. The SMILES string of the molecule is O=C(O)CCCS(=O)(=O)C[C@@H]1c2ccccc2C[C@H]1NC(=O)c1cc2sc(Cl)c(Cl)c2[nH]1. The van der Waals surface area contributed by atoms with E-state index in [1.54, 1.807) is 6.07 Å². The third-order valence-electron chi connectivity index (χ3n) is 5.59. The number of aromatic nitrogens is 1. The van der Waals surface area contributed by atoms with E-state index in [1.807, 2.05) is 24.3 Å². The van der Waals surface area contributed by atoms with E-state index in [2.05, 4.69) is 10.3 Å². The molecule has 0 aliphatic heterocycles. The second kappa shape index (κ2) is 9.05. The number of sulfone groups is 1. The Bertz CT molecular complexity index is 1300. The van der Waals surface area contributed by atoms with Crippen LogP contribution in [0.3, 0.4) is 0 Å². The van der Waals surface area contributed by atoms with E-state index in [1.165, 1.54) is 11.3 Å². The molecule has 0 radical (unpaired) electrons. The highest BCUT2D eigenvalue weighted by Gasteiger charge is 2.36. The largest absolute Gasteiger partial charge is 0.481 e. The third-order valence-corrected chi connectivity index (χ3v) is 9.30. The summed E-state index contributed by atoms with van der Waals surface area (Å²) in [6.07, 6.45) is 0.377. The molecule has 2 heterocycles. The zero-order valence-corrected chi connectivity index (χ0v) is 19.9. The molecule has 1 amide bonds. The molecule has 1 aliphatic carbocycles. The molecule has 4 rings (SSSR count). The average Bonchev–Trinajstić information content (AvgIpc) is 3.35. The van der Waals surface area contributed by atoms with Gasteiger partial charge in [-0.15, -0.1) is 11.3 Å². The highest BCUT2D eigenvalue weighted by atomic mass is 35.5. The first kappa shape index (κ1) is 23.1. The Morgan fingerprint density at radius 1 is 1.25 bits per heavy atom. The maximum atomic E-state index is 12.9. The summed E-state index contributed by atoms with van der Waals surface area (Å²) < 4.78 is 26.6. The van der Waals surface area contributed by atoms with Crippen LogP contribution in [0.15, 0.2) is 30.3 Å². The summed E-state index contributed by atoms with van der Waals surface area (Å²) in [7, 11) is -3.51. The fourth-order valence-corrected chi connectivity index (χ4v) is 7.31. The number of carbonyl (C=O) groups is 2. The first-order valence-corrected chi connectivity index (χ1v) is 13.3. The van der Waals surface area contributed by atoms with Crippen LogP contribution in [0.4, 0.5) is 0 Å². The maximum absolute atomic E-state index is 12.9. The Morgan fingerprint density at radius 3 is 2.72 bits per heavy atom. The minimum Gasteiger partial charge on any atom is -0.481 e. The first-order valence-electron chi connectivity index (χ1n) is 9.92. The summed E-state index contributed by atoms with van der Waals surface area (Å²) in [6.45, 7) is 0. The molecule has 2 atom stereocenters. The molecule has 2 aromatic heterocycles. The Labute approximate surface area is 198 Å².